The Balaban J connectivity index is 0.00000161. The molecule has 0 aliphatic heterocycles. The topological polar surface area (TPSA) is 84.7 Å². The van der Waals surface area contributed by atoms with E-state index in [0.717, 1.165) is 17.6 Å². The number of ketones is 1. The van der Waals surface area contributed by atoms with Crippen molar-refractivity contribution in [1.82, 2.24) is 15.0 Å². The summed E-state index contributed by atoms with van der Waals surface area (Å²) in [5.41, 5.74) is 8.77. The number of H-pyrrole nitrogens is 1. The second kappa shape index (κ2) is 6.38. The van der Waals surface area contributed by atoms with Gasteiger partial charge < -0.3 is 10.7 Å². The highest BCUT2D eigenvalue weighted by molar-refractivity contribution is 7.59. The van der Waals surface area contributed by atoms with Gasteiger partial charge in [-0.05, 0) is 18.6 Å². The summed E-state index contributed by atoms with van der Waals surface area (Å²) in [4.78, 5) is 24.1. The number of nitrogens with zero attached hydrogens (tertiary/aromatic N) is 2. The Labute approximate surface area is 133 Å². The molecule has 0 spiro atoms. The van der Waals surface area contributed by atoms with E-state index >= 15 is 0 Å². The van der Waals surface area contributed by atoms with E-state index in [0.29, 0.717) is 16.1 Å². The summed E-state index contributed by atoms with van der Waals surface area (Å²) in [5.74, 6) is -0.116. The zero-order valence-electron chi connectivity index (χ0n) is 11.5. The molecule has 0 aliphatic rings. The maximum atomic E-state index is 12.5. The third kappa shape index (κ3) is 2.85. The molecule has 3 aromatic heterocycles. The molecule has 3 rings (SSSR count). The highest BCUT2D eigenvalue weighted by atomic mass is 32.1. The first-order valence-corrected chi connectivity index (χ1v) is 7.26. The van der Waals surface area contributed by atoms with Crippen molar-refractivity contribution in [2.45, 2.75) is 19.4 Å². The average molecular weight is 320 g/mol. The lowest BCUT2D eigenvalue weighted by molar-refractivity contribution is 0.103. The molecule has 3 N–H and O–H groups in total. The fourth-order valence-corrected chi connectivity index (χ4v) is 2.85. The molecular weight excluding hydrogens is 304 g/mol. The molecule has 0 radical (unpaired) electrons. The summed E-state index contributed by atoms with van der Waals surface area (Å²) in [6, 6.07) is 3.60. The van der Waals surface area contributed by atoms with Crippen LogP contribution in [0.15, 0.2) is 29.9 Å². The molecule has 0 saturated heterocycles. The van der Waals surface area contributed by atoms with Crippen molar-refractivity contribution < 1.29 is 4.79 Å². The zero-order chi connectivity index (χ0) is 14.1. The fourth-order valence-electron chi connectivity index (χ4n) is 2.01. The number of thiazole rings is 1. The first kappa shape index (κ1) is 15.7. The van der Waals surface area contributed by atoms with Crippen LogP contribution in [0.1, 0.15) is 40.4 Å². The highest BCUT2D eigenvalue weighted by Crippen LogP contribution is 2.23. The average Bonchev–Trinajstić information content (AvgIpc) is 3.12. The molecule has 1 atom stereocenters. The molecule has 3 aromatic rings. The van der Waals surface area contributed by atoms with Gasteiger partial charge in [0.05, 0.1) is 22.3 Å². The predicted octanol–water partition coefficient (Wildman–Crippen LogP) is 2.77. The van der Waals surface area contributed by atoms with E-state index in [1.807, 2.05) is 24.4 Å². The molecule has 0 bridgehead atoms. The van der Waals surface area contributed by atoms with Crippen LogP contribution in [-0.2, 0) is 0 Å². The molecule has 0 unspecified atom stereocenters. The van der Waals surface area contributed by atoms with Gasteiger partial charge in [-0.2, -0.15) is 13.5 Å². The molecule has 0 amide bonds. The number of aromatic amines is 1. The largest absolute Gasteiger partial charge is 0.359 e. The second-order valence-electron chi connectivity index (χ2n) is 4.52. The van der Waals surface area contributed by atoms with E-state index in [1.165, 1.54) is 11.3 Å². The van der Waals surface area contributed by atoms with Crippen LogP contribution in [0.4, 0.5) is 0 Å². The summed E-state index contributed by atoms with van der Waals surface area (Å²) in [7, 11) is 0. The van der Waals surface area contributed by atoms with Crippen LogP contribution in [0.25, 0.3) is 11.0 Å². The molecule has 3 heterocycles. The second-order valence-corrected chi connectivity index (χ2v) is 5.38. The lowest BCUT2D eigenvalue weighted by atomic mass is 10.2. The lowest BCUT2D eigenvalue weighted by Crippen LogP contribution is -2.10. The Morgan fingerprint density at radius 3 is 3.10 bits per heavy atom. The smallest absolute Gasteiger partial charge is 0.225 e. The summed E-state index contributed by atoms with van der Waals surface area (Å²) in [6.45, 7) is 2.00. The Hall–Kier alpha value is -1.70. The van der Waals surface area contributed by atoms with Gasteiger partial charge in [-0.3, -0.25) is 9.78 Å². The summed E-state index contributed by atoms with van der Waals surface area (Å²) >= 11 is 1.33. The van der Waals surface area contributed by atoms with Crippen LogP contribution >= 0.6 is 24.8 Å². The Bertz CT molecular complexity index is 765. The molecule has 5 nitrogen and oxygen atoms in total. The molecule has 21 heavy (non-hydrogen) atoms. The summed E-state index contributed by atoms with van der Waals surface area (Å²) < 4.78 is 0. The van der Waals surface area contributed by atoms with E-state index in [2.05, 4.69) is 15.0 Å². The van der Waals surface area contributed by atoms with Crippen LogP contribution in [0, 0.1) is 0 Å². The van der Waals surface area contributed by atoms with Crippen LogP contribution in [0.5, 0.6) is 0 Å². The van der Waals surface area contributed by atoms with E-state index in [4.69, 9.17) is 5.73 Å². The molecule has 0 fully saturated rings. The van der Waals surface area contributed by atoms with Crippen molar-refractivity contribution in [3.8, 4) is 0 Å². The first-order chi connectivity index (χ1) is 9.70. The van der Waals surface area contributed by atoms with Crippen molar-refractivity contribution in [2.75, 3.05) is 0 Å². The zero-order valence-corrected chi connectivity index (χ0v) is 13.3. The predicted molar refractivity (Wildman–Crippen MR) is 89.2 cm³/mol. The van der Waals surface area contributed by atoms with Crippen molar-refractivity contribution in [2.24, 2.45) is 5.73 Å². The highest BCUT2D eigenvalue weighted by Gasteiger charge is 2.19. The van der Waals surface area contributed by atoms with Gasteiger partial charge in [0.1, 0.15) is 0 Å². The standard InChI is InChI=1S/C14H14N4OS.H2S/c1-2-9(15)11-7-20-14(18-11)13(19)8-6-17-10-4-3-5-16-12(8)10;/h3-7,9,17H,2,15H2,1H3;1H2/t9-;/m0./s1. The molecule has 0 saturated carbocycles. The Kier molecular flexibility index (Phi) is 4.76. The number of pyridine rings is 1. The molecule has 0 aromatic carbocycles. The quantitative estimate of drug-likeness (QED) is 0.724. The van der Waals surface area contributed by atoms with Gasteiger partial charge in [0.15, 0.2) is 5.01 Å². The summed E-state index contributed by atoms with van der Waals surface area (Å²) in [6.07, 6.45) is 4.15. The number of nitrogens with two attached hydrogens (primary N) is 1. The molecule has 0 aliphatic carbocycles. The minimum atomic E-state index is -0.117. The van der Waals surface area contributed by atoms with Gasteiger partial charge in [0.2, 0.25) is 5.78 Å². The SMILES string of the molecule is CC[C@H](N)c1csc(C(=O)c2c[nH]c3cccnc23)n1.S. The minimum absolute atomic E-state index is 0. The van der Waals surface area contributed by atoms with Gasteiger partial charge in [0, 0.05) is 23.8 Å². The van der Waals surface area contributed by atoms with E-state index < -0.39 is 0 Å². The fraction of sp³-hybridized carbons (Fsp3) is 0.214. The van der Waals surface area contributed by atoms with Crippen molar-refractivity contribution in [3.63, 3.8) is 0 Å². The third-order valence-corrected chi connectivity index (χ3v) is 4.07. The number of nitrogens with one attached hydrogen (secondary N) is 1. The maximum absolute atomic E-state index is 12.5. The van der Waals surface area contributed by atoms with Gasteiger partial charge in [-0.25, -0.2) is 4.98 Å². The normalized spacial score (nSPS) is 12.1. The minimum Gasteiger partial charge on any atom is -0.359 e. The Morgan fingerprint density at radius 2 is 2.33 bits per heavy atom. The Morgan fingerprint density at radius 1 is 1.52 bits per heavy atom. The van der Waals surface area contributed by atoms with Crippen LogP contribution < -0.4 is 5.73 Å². The first-order valence-electron chi connectivity index (χ1n) is 6.38. The number of fused-ring (bicyclic) bond motifs is 1. The molecular formula is C14H16N4OS2. The van der Waals surface area contributed by atoms with Crippen LogP contribution in [-0.4, -0.2) is 20.7 Å². The van der Waals surface area contributed by atoms with Crippen LogP contribution in [0.2, 0.25) is 0 Å². The lowest BCUT2D eigenvalue weighted by Gasteiger charge is -2.02. The van der Waals surface area contributed by atoms with Crippen LogP contribution in [0.3, 0.4) is 0 Å². The van der Waals surface area contributed by atoms with Gasteiger partial charge in [-0.15, -0.1) is 11.3 Å². The maximum Gasteiger partial charge on any atom is 0.225 e. The number of hydrogen-bond acceptors (Lipinski definition) is 5. The number of carbonyl (C=O) groups is 1. The van der Waals surface area contributed by atoms with E-state index in [9.17, 15) is 4.79 Å². The number of carbonyl (C=O) groups excluding carboxylic acids is 1. The monoisotopic (exact) mass is 320 g/mol. The van der Waals surface area contributed by atoms with Gasteiger partial charge in [-0.1, -0.05) is 6.92 Å². The number of rotatable bonds is 4. The van der Waals surface area contributed by atoms with Crippen molar-refractivity contribution in [1.29, 1.82) is 0 Å². The summed E-state index contributed by atoms with van der Waals surface area (Å²) in [5, 5.41) is 2.30. The van der Waals surface area contributed by atoms with E-state index in [1.54, 1.807) is 12.4 Å². The molecule has 110 valence electrons. The molecule has 7 heteroatoms. The van der Waals surface area contributed by atoms with Gasteiger partial charge >= 0.3 is 0 Å². The van der Waals surface area contributed by atoms with E-state index in [-0.39, 0.29) is 25.3 Å². The van der Waals surface area contributed by atoms with Crippen molar-refractivity contribution >= 4 is 41.6 Å². The number of hydrogen-bond donors (Lipinski definition) is 2. The van der Waals surface area contributed by atoms with Gasteiger partial charge in [0.25, 0.3) is 0 Å². The third-order valence-electron chi connectivity index (χ3n) is 3.22. The van der Waals surface area contributed by atoms with Crippen molar-refractivity contribution in [3.05, 3.63) is 46.2 Å². The number of aromatic nitrogens is 3.